The summed E-state index contributed by atoms with van der Waals surface area (Å²) in [5.74, 6) is 0. The van der Waals surface area contributed by atoms with Crippen LogP contribution in [0.5, 0.6) is 0 Å². The summed E-state index contributed by atoms with van der Waals surface area (Å²) in [5.41, 5.74) is 3.06. The molecule has 1 aromatic rings. The SMILES string of the molecule is CCC(C)(CNC1CC1)CN(C)c1ccccc1C. The zero-order valence-corrected chi connectivity index (χ0v) is 12.9. The maximum Gasteiger partial charge on any atom is 0.0393 e. The van der Waals surface area contributed by atoms with Gasteiger partial charge in [-0.25, -0.2) is 0 Å². The van der Waals surface area contributed by atoms with E-state index in [0.29, 0.717) is 5.41 Å². The lowest BCUT2D eigenvalue weighted by atomic mass is 9.86. The number of nitrogens with one attached hydrogen (secondary N) is 1. The topological polar surface area (TPSA) is 15.3 Å². The largest absolute Gasteiger partial charge is 0.374 e. The highest BCUT2D eigenvalue weighted by Crippen LogP contribution is 2.28. The fourth-order valence-corrected chi connectivity index (χ4v) is 2.62. The second-order valence-electron chi connectivity index (χ2n) is 6.46. The van der Waals surface area contributed by atoms with E-state index in [-0.39, 0.29) is 0 Å². The molecule has 2 heteroatoms. The van der Waals surface area contributed by atoms with Crippen LogP contribution in [0.1, 0.15) is 38.7 Å². The van der Waals surface area contributed by atoms with Gasteiger partial charge in [-0.1, -0.05) is 32.0 Å². The van der Waals surface area contributed by atoms with E-state index in [1.54, 1.807) is 0 Å². The first kappa shape index (κ1) is 14.4. The summed E-state index contributed by atoms with van der Waals surface area (Å²) in [6, 6.07) is 9.46. The van der Waals surface area contributed by atoms with Gasteiger partial charge in [0.25, 0.3) is 0 Å². The summed E-state index contributed by atoms with van der Waals surface area (Å²) in [6.07, 6.45) is 3.95. The van der Waals surface area contributed by atoms with Crippen molar-refractivity contribution < 1.29 is 0 Å². The molecule has 1 saturated carbocycles. The summed E-state index contributed by atoms with van der Waals surface area (Å²) in [4.78, 5) is 2.41. The summed E-state index contributed by atoms with van der Waals surface area (Å²) >= 11 is 0. The van der Waals surface area contributed by atoms with Gasteiger partial charge in [-0.2, -0.15) is 0 Å². The molecule has 2 rings (SSSR count). The average Bonchev–Trinajstić information content (AvgIpc) is 3.21. The van der Waals surface area contributed by atoms with Gasteiger partial charge in [0.05, 0.1) is 0 Å². The Morgan fingerprint density at radius 3 is 2.58 bits per heavy atom. The molecule has 0 aliphatic heterocycles. The van der Waals surface area contributed by atoms with Crippen LogP contribution >= 0.6 is 0 Å². The first-order valence-electron chi connectivity index (χ1n) is 7.54. The van der Waals surface area contributed by atoms with Gasteiger partial charge >= 0.3 is 0 Å². The van der Waals surface area contributed by atoms with Crippen LogP contribution in [-0.4, -0.2) is 26.2 Å². The molecule has 0 spiro atoms. The van der Waals surface area contributed by atoms with Gasteiger partial charge in [-0.05, 0) is 43.2 Å². The second-order valence-corrected chi connectivity index (χ2v) is 6.46. The molecule has 106 valence electrons. The summed E-state index contributed by atoms with van der Waals surface area (Å²) in [5, 5.41) is 3.69. The van der Waals surface area contributed by atoms with E-state index in [1.807, 2.05) is 0 Å². The van der Waals surface area contributed by atoms with E-state index in [9.17, 15) is 0 Å². The zero-order valence-electron chi connectivity index (χ0n) is 12.9. The number of hydrogen-bond donors (Lipinski definition) is 1. The van der Waals surface area contributed by atoms with Crippen LogP contribution in [0.15, 0.2) is 24.3 Å². The number of nitrogens with zero attached hydrogens (tertiary/aromatic N) is 1. The lowest BCUT2D eigenvalue weighted by Crippen LogP contribution is -2.41. The van der Waals surface area contributed by atoms with Crippen LogP contribution in [0.2, 0.25) is 0 Å². The number of benzene rings is 1. The average molecular weight is 260 g/mol. The number of rotatable bonds is 7. The highest BCUT2D eigenvalue weighted by Gasteiger charge is 2.28. The standard InChI is InChI=1S/C17H28N2/c1-5-17(3,12-18-15-10-11-15)13-19(4)16-9-7-6-8-14(16)2/h6-9,15,18H,5,10-13H2,1-4H3. The van der Waals surface area contributed by atoms with Crippen molar-refractivity contribution in [2.45, 2.75) is 46.1 Å². The lowest BCUT2D eigenvalue weighted by Gasteiger charge is -2.35. The van der Waals surface area contributed by atoms with Crippen LogP contribution in [0.25, 0.3) is 0 Å². The Kier molecular flexibility index (Phi) is 4.51. The van der Waals surface area contributed by atoms with Crippen LogP contribution in [0.3, 0.4) is 0 Å². The molecule has 1 N–H and O–H groups in total. The normalized spacial score (nSPS) is 18.1. The molecule has 0 heterocycles. The van der Waals surface area contributed by atoms with Crippen LogP contribution in [0, 0.1) is 12.3 Å². The Morgan fingerprint density at radius 1 is 1.32 bits per heavy atom. The molecule has 0 saturated heterocycles. The summed E-state index contributed by atoms with van der Waals surface area (Å²) in [6.45, 7) is 9.13. The Bertz CT molecular complexity index is 411. The Hall–Kier alpha value is -1.02. The highest BCUT2D eigenvalue weighted by atomic mass is 15.1. The summed E-state index contributed by atoms with van der Waals surface area (Å²) < 4.78 is 0. The minimum atomic E-state index is 0.347. The zero-order chi connectivity index (χ0) is 13.9. The molecule has 19 heavy (non-hydrogen) atoms. The highest BCUT2D eigenvalue weighted by molar-refractivity contribution is 5.52. The number of hydrogen-bond acceptors (Lipinski definition) is 2. The number of para-hydroxylation sites is 1. The molecule has 1 aromatic carbocycles. The maximum atomic E-state index is 3.69. The van der Waals surface area contributed by atoms with Crippen molar-refractivity contribution >= 4 is 5.69 Å². The quantitative estimate of drug-likeness (QED) is 0.806. The van der Waals surface area contributed by atoms with Gasteiger partial charge in [-0.15, -0.1) is 0 Å². The molecule has 0 radical (unpaired) electrons. The van der Waals surface area contributed by atoms with Gasteiger partial charge in [0.1, 0.15) is 0 Å². The molecular weight excluding hydrogens is 232 g/mol. The van der Waals surface area contributed by atoms with Crippen molar-refractivity contribution in [2.24, 2.45) is 5.41 Å². The van der Waals surface area contributed by atoms with Gasteiger partial charge < -0.3 is 10.2 Å². The van der Waals surface area contributed by atoms with Crippen molar-refractivity contribution in [3.63, 3.8) is 0 Å². The molecule has 1 atom stereocenters. The molecule has 0 bridgehead atoms. The number of anilines is 1. The Balaban J connectivity index is 1.98. The van der Waals surface area contributed by atoms with Gasteiger partial charge in [-0.3, -0.25) is 0 Å². The Morgan fingerprint density at radius 2 is 2.00 bits per heavy atom. The van der Waals surface area contributed by atoms with E-state index in [2.05, 4.69) is 62.3 Å². The Labute approximate surface area is 118 Å². The van der Waals surface area contributed by atoms with Crippen molar-refractivity contribution in [3.05, 3.63) is 29.8 Å². The third-order valence-corrected chi connectivity index (χ3v) is 4.39. The second kappa shape index (κ2) is 5.96. The molecule has 1 unspecified atom stereocenters. The molecule has 0 amide bonds. The predicted octanol–water partition coefficient (Wildman–Crippen LogP) is 3.60. The molecular formula is C17H28N2. The third kappa shape index (κ3) is 3.97. The third-order valence-electron chi connectivity index (χ3n) is 4.39. The molecule has 2 nitrogen and oxygen atoms in total. The van der Waals surface area contributed by atoms with Gasteiger partial charge in [0.15, 0.2) is 0 Å². The minimum absolute atomic E-state index is 0.347. The number of aryl methyl sites for hydroxylation is 1. The smallest absolute Gasteiger partial charge is 0.0393 e. The van der Waals surface area contributed by atoms with E-state index in [1.165, 1.54) is 30.5 Å². The van der Waals surface area contributed by atoms with Crippen molar-refractivity contribution in [1.29, 1.82) is 0 Å². The predicted molar refractivity (Wildman–Crippen MR) is 83.9 cm³/mol. The fourth-order valence-electron chi connectivity index (χ4n) is 2.62. The molecule has 1 fully saturated rings. The van der Waals surface area contributed by atoms with E-state index in [4.69, 9.17) is 0 Å². The van der Waals surface area contributed by atoms with E-state index < -0.39 is 0 Å². The van der Waals surface area contributed by atoms with Crippen LogP contribution in [-0.2, 0) is 0 Å². The van der Waals surface area contributed by atoms with Gasteiger partial charge in [0.2, 0.25) is 0 Å². The van der Waals surface area contributed by atoms with Gasteiger partial charge in [0, 0.05) is 31.9 Å². The van der Waals surface area contributed by atoms with E-state index >= 15 is 0 Å². The fraction of sp³-hybridized carbons (Fsp3) is 0.647. The lowest BCUT2D eigenvalue weighted by molar-refractivity contribution is 0.298. The first-order valence-corrected chi connectivity index (χ1v) is 7.54. The molecule has 1 aliphatic rings. The maximum absolute atomic E-state index is 3.69. The van der Waals surface area contributed by atoms with E-state index in [0.717, 1.165) is 19.1 Å². The molecule has 0 aromatic heterocycles. The van der Waals surface area contributed by atoms with Crippen LogP contribution < -0.4 is 10.2 Å². The molecule has 1 aliphatic carbocycles. The minimum Gasteiger partial charge on any atom is -0.374 e. The first-order chi connectivity index (χ1) is 9.04. The van der Waals surface area contributed by atoms with Crippen LogP contribution in [0.4, 0.5) is 5.69 Å². The van der Waals surface area contributed by atoms with Crippen molar-refractivity contribution in [1.82, 2.24) is 5.32 Å². The van der Waals surface area contributed by atoms with Crippen molar-refractivity contribution in [2.75, 3.05) is 25.0 Å². The monoisotopic (exact) mass is 260 g/mol. The van der Waals surface area contributed by atoms with Crippen molar-refractivity contribution in [3.8, 4) is 0 Å². The summed E-state index contributed by atoms with van der Waals surface area (Å²) in [7, 11) is 2.22.